The number of methoxy groups -OCH3 is 1. The maximum atomic E-state index is 13.7. The standard InChI is InChI=1S/C22H29N3O5/c1-29-18-4-2-15(3-5-18)11-24-20(27)19-10-17(26)12-25(19)22(21(24)28)13-23(14-22)16-6-8-30-9-7-16/h2-5,16-17,19,26H,6-14H2,1H3/t17-,19+/m1/s1. The molecule has 30 heavy (non-hydrogen) atoms. The van der Waals surface area contributed by atoms with Crippen molar-refractivity contribution in [3.05, 3.63) is 29.8 Å². The molecule has 4 aliphatic rings. The Morgan fingerprint density at radius 2 is 1.87 bits per heavy atom. The maximum absolute atomic E-state index is 13.7. The summed E-state index contributed by atoms with van der Waals surface area (Å²) in [5.41, 5.74) is 0.182. The van der Waals surface area contributed by atoms with Gasteiger partial charge in [-0.15, -0.1) is 0 Å². The number of imide groups is 1. The van der Waals surface area contributed by atoms with Crippen LogP contribution in [0.15, 0.2) is 24.3 Å². The number of hydrogen-bond acceptors (Lipinski definition) is 7. The number of aliphatic hydroxyl groups excluding tert-OH is 1. The summed E-state index contributed by atoms with van der Waals surface area (Å²) < 4.78 is 10.7. The van der Waals surface area contributed by atoms with Crippen LogP contribution in [0.2, 0.25) is 0 Å². The van der Waals surface area contributed by atoms with E-state index in [1.807, 2.05) is 29.2 Å². The Morgan fingerprint density at radius 1 is 1.17 bits per heavy atom. The summed E-state index contributed by atoms with van der Waals surface area (Å²) in [6.45, 7) is 3.39. The van der Waals surface area contributed by atoms with Crippen molar-refractivity contribution < 1.29 is 24.2 Å². The predicted molar refractivity (Wildman–Crippen MR) is 108 cm³/mol. The first-order valence-electron chi connectivity index (χ1n) is 10.8. The molecule has 0 radical (unpaired) electrons. The Morgan fingerprint density at radius 3 is 2.53 bits per heavy atom. The summed E-state index contributed by atoms with van der Waals surface area (Å²) in [6, 6.07) is 7.45. The maximum Gasteiger partial charge on any atom is 0.252 e. The first kappa shape index (κ1) is 19.9. The lowest BCUT2D eigenvalue weighted by molar-refractivity contribution is -0.184. The van der Waals surface area contributed by atoms with Gasteiger partial charge in [0.25, 0.3) is 5.91 Å². The summed E-state index contributed by atoms with van der Waals surface area (Å²) in [5.74, 6) is 0.419. The zero-order valence-corrected chi connectivity index (χ0v) is 17.3. The number of ether oxygens (including phenoxy) is 2. The third-order valence-corrected chi connectivity index (χ3v) is 7.16. The van der Waals surface area contributed by atoms with Gasteiger partial charge < -0.3 is 14.6 Å². The minimum absolute atomic E-state index is 0.128. The molecule has 4 saturated heterocycles. The van der Waals surface area contributed by atoms with Crippen molar-refractivity contribution in [2.24, 2.45) is 0 Å². The van der Waals surface area contributed by atoms with Crippen LogP contribution in [-0.4, -0.2) is 95.3 Å². The van der Waals surface area contributed by atoms with Gasteiger partial charge in [-0.05, 0) is 37.0 Å². The molecule has 0 aliphatic carbocycles. The number of aliphatic hydroxyl groups is 1. The highest BCUT2D eigenvalue weighted by molar-refractivity contribution is 6.06. The number of rotatable bonds is 4. The quantitative estimate of drug-likeness (QED) is 0.705. The molecule has 0 bridgehead atoms. The molecule has 2 amide bonds. The van der Waals surface area contributed by atoms with Gasteiger partial charge in [0.15, 0.2) is 0 Å². The lowest BCUT2D eigenvalue weighted by atomic mass is 9.80. The van der Waals surface area contributed by atoms with Crippen LogP contribution in [0.3, 0.4) is 0 Å². The zero-order chi connectivity index (χ0) is 20.9. The summed E-state index contributed by atoms with van der Waals surface area (Å²) in [5, 5.41) is 10.3. The molecule has 4 fully saturated rings. The van der Waals surface area contributed by atoms with Gasteiger partial charge in [0.05, 0.1) is 25.8 Å². The number of likely N-dealkylation sites (tertiary alicyclic amines) is 1. The third kappa shape index (κ3) is 3.13. The monoisotopic (exact) mass is 415 g/mol. The molecule has 4 aliphatic heterocycles. The highest BCUT2D eigenvalue weighted by atomic mass is 16.5. The Bertz CT molecular complexity index is 817. The largest absolute Gasteiger partial charge is 0.497 e. The SMILES string of the molecule is COc1ccc(CN2C(=O)[C@@H]3C[C@@H](O)CN3C3(CN(C4CCOCC4)C3)C2=O)cc1. The lowest BCUT2D eigenvalue weighted by Gasteiger charge is -2.60. The molecule has 0 unspecified atom stereocenters. The fourth-order valence-corrected chi connectivity index (χ4v) is 5.49. The number of β-amino-alcohol motifs (C(OH)–C–C–N with tert-alkyl or cyclic N) is 1. The van der Waals surface area contributed by atoms with E-state index in [1.54, 1.807) is 7.11 Å². The Hall–Kier alpha value is -2.00. The molecular weight excluding hydrogens is 386 g/mol. The Balaban J connectivity index is 1.39. The van der Waals surface area contributed by atoms with Crippen LogP contribution in [0, 0.1) is 0 Å². The number of amides is 2. The number of hydrogen-bond donors (Lipinski definition) is 1. The summed E-state index contributed by atoms with van der Waals surface area (Å²) in [4.78, 5) is 32.6. The average Bonchev–Trinajstić information content (AvgIpc) is 3.13. The van der Waals surface area contributed by atoms with Crippen molar-refractivity contribution in [1.29, 1.82) is 0 Å². The van der Waals surface area contributed by atoms with Crippen LogP contribution in [0.4, 0.5) is 0 Å². The predicted octanol–water partition coefficient (Wildman–Crippen LogP) is 0.233. The molecule has 1 N–H and O–H groups in total. The minimum atomic E-state index is -0.708. The van der Waals surface area contributed by atoms with Gasteiger partial charge in [0, 0.05) is 38.9 Å². The summed E-state index contributed by atoms with van der Waals surface area (Å²) >= 11 is 0. The van der Waals surface area contributed by atoms with Crippen LogP contribution in [0.1, 0.15) is 24.8 Å². The van der Waals surface area contributed by atoms with Crippen molar-refractivity contribution in [2.75, 3.05) is 40.0 Å². The molecule has 162 valence electrons. The van der Waals surface area contributed by atoms with Gasteiger partial charge in [-0.1, -0.05) is 12.1 Å². The molecule has 2 atom stereocenters. The first-order chi connectivity index (χ1) is 14.5. The van der Waals surface area contributed by atoms with E-state index in [0.29, 0.717) is 32.1 Å². The van der Waals surface area contributed by atoms with Gasteiger partial charge in [0.2, 0.25) is 5.91 Å². The van der Waals surface area contributed by atoms with Crippen molar-refractivity contribution in [3.8, 4) is 5.75 Å². The van der Waals surface area contributed by atoms with Gasteiger partial charge in [-0.3, -0.25) is 24.3 Å². The van der Waals surface area contributed by atoms with E-state index in [1.165, 1.54) is 4.90 Å². The van der Waals surface area contributed by atoms with E-state index in [9.17, 15) is 14.7 Å². The third-order valence-electron chi connectivity index (χ3n) is 7.16. The highest BCUT2D eigenvalue weighted by Crippen LogP contribution is 2.42. The molecule has 8 heteroatoms. The lowest BCUT2D eigenvalue weighted by Crippen LogP contribution is -2.82. The number of fused-ring (bicyclic) bond motifs is 2. The molecule has 1 spiro atoms. The second-order valence-electron chi connectivity index (χ2n) is 8.92. The number of nitrogens with zero attached hydrogens (tertiary/aromatic N) is 3. The average molecular weight is 415 g/mol. The van der Waals surface area contributed by atoms with E-state index in [4.69, 9.17) is 9.47 Å². The number of carbonyl (C=O) groups is 2. The van der Waals surface area contributed by atoms with Crippen LogP contribution >= 0.6 is 0 Å². The van der Waals surface area contributed by atoms with E-state index in [0.717, 1.165) is 37.4 Å². The molecule has 1 aromatic carbocycles. The van der Waals surface area contributed by atoms with E-state index in [-0.39, 0.29) is 18.4 Å². The van der Waals surface area contributed by atoms with Gasteiger partial charge in [-0.2, -0.15) is 0 Å². The number of piperazine rings is 1. The second-order valence-corrected chi connectivity index (χ2v) is 8.92. The Kier molecular flexibility index (Phi) is 5.05. The van der Waals surface area contributed by atoms with Crippen molar-refractivity contribution >= 4 is 11.8 Å². The topological polar surface area (TPSA) is 82.6 Å². The minimum Gasteiger partial charge on any atom is -0.497 e. The molecule has 4 heterocycles. The molecular formula is C22H29N3O5. The van der Waals surface area contributed by atoms with Crippen LogP contribution in [0.5, 0.6) is 5.75 Å². The van der Waals surface area contributed by atoms with Crippen LogP contribution in [-0.2, 0) is 20.9 Å². The fourth-order valence-electron chi connectivity index (χ4n) is 5.49. The van der Waals surface area contributed by atoms with Crippen molar-refractivity contribution in [2.45, 2.75) is 49.5 Å². The summed E-state index contributed by atoms with van der Waals surface area (Å²) in [6.07, 6.45) is 1.78. The molecule has 8 nitrogen and oxygen atoms in total. The van der Waals surface area contributed by atoms with Gasteiger partial charge in [0.1, 0.15) is 11.3 Å². The number of carbonyl (C=O) groups excluding carboxylic acids is 2. The second kappa shape index (κ2) is 7.60. The van der Waals surface area contributed by atoms with Gasteiger partial charge in [-0.25, -0.2) is 0 Å². The molecule has 1 aromatic rings. The summed E-state index contributed by atoms with van der Waals surface area (Å²) in [7, 11) is 1.61. The fraction of sp³-hybridized carbons (Fsp3) is 0.636. The zero-order valence-electron chi connectivity index (χ0n) is 17.3. The first-order valence-corrected chi connectivity index (χ1v) is 10.8. The number of benzene rings is 1. The van der Waals surface area contributed by atoms with Crippen molar-refractivity contribution in [3.63, 3.8) is 0 Å². The van der Waals surface area contributed by atoms with Gasteiger partial charge >= 0.3 is 0 Å². The van der Waals surface area contributed by atoms with Crippen molar-refractivity contribution in [1.82, 2.24) is 14.7 Å². The molecule has 0 aromatic heterocycles. The Labute approximate surface area is 176 Å². The van der Waals surface area contributed by atoms with E-state index in [2.05, 4.69) is 4.90 Å². The highest BCUT2D eigenvalue weighted by Gasteiger charge is 2.64. The molecule has 5 rings (SSSR count). The van der Waals surface area contributed by atoms with E-state index < -0.39 is 17.7 Å². The van der Waals surface area contributed by atoms with E-state index >= 15 is 0 Å². The molecule has 0 saturated carbocycles. The normalized spacial score (nSPS) is 29.9. The smallest absolute Gasteiger partial charge is 0.252 e. The van der Waals surface area contributed by atoms with Crippen LogP contribution < -0.4 is 4.74 Å². The van der Waals surface area contributed by atoms with Crippen LogP contribution in [0.25, 0.3) is 0 Å².